The lowest BCUT2D eigenvalue weighted by molar-refractivity contribution is -0.142. The summed E-state index contributed by atoms with van der Waals surface area (Å²) in [5.41, 5.74) is 0.732. The van der Waals surface area contributed by atoms with Crippen LogP contribution in [-0.2, 0) is 22.6 Å². The van der Waals surface area contributed by atoms with Crippen LogP contribution < -0.4 is 4.74 Å². The summed E-state index contributed by atoms with van der Waals surface area (Å²) in [6, 6.07) is 9.57. The lowest BCUT2D eigenvalue weighted by Crippen LogP contribution is -2.07. The quantitative estimate of drug-likeness (QED) is 0.762. The standard InChI is InChI=1S/C14H15NO3S/c1-2-17-14(16)8-11-10-19-13(15-11)9-18-12-6-4-3-5-7-12/h3-7,10H,2,8-9H2,1H3. The molecule has 0 spiro atoms. The van der Waals surface area contributed by atoms with Crippen molar-refractivity contribution in [3.05, 3.63) is 46.4 Å². The van der Waals surface area contributed by atoms with Gasteiger partial charge in [0.05, 0.1) is 18.7 Å². The van der Waals surface area contributed by atoms with Gasteiger partial charge < -0.3 is 9.47 Å². The van der Waals surface area contributed by atoms with Crippen LogP contribution in [0.1, 0.15) is 17.6 Å². The van der Waals surface area contributed by atoms with Gasteiger partial charge in [-0.15, -0.1) is 11.3 Å². The zero-order valence-electron chi connectivity index (χ0n) is 10.7. The zero-order chi connectivity index (χ0) is 13.5. The number of carbonyl (C=O) groups is 1. The molecule has 0 aliphatic carbocycles. The number of hydrogen-bond donors (Lipinski definition) is 0. The number of aromatic nitrogens is 1. The molecule has 0 unspecified atom stereocenters. The zero-order valence-corrected chi connectivity index (χ0v) is 11.5. The number of benzene rings is 1. The van der Waals surface area contributed by atoms with E-state index in [4.69, 9.17) is 9.47 Å². The molecule has 0 aliphatic heterocycles. The van der Waals surface area contributed by atoms with Crippen LogP contribution in [0.25, 0.3) is 0 Å². The van der Waals surface area contributed by atoms with Crippen LogP contribution in [0.4, 0.5) is 0 Å². The predicted molar refractivity (Wildman–Crippen MR) is 73.2 cm³/mol. The summed E-state index contributed by atoms with van der Waals surface area (Å²) < 4.78 is 10.5. The smallest absolute Gasteiger partial charge is 0.311 e. The Morgan fingerprint density at radius 2 is 2.11 bits per heavy atom. The third-order valence-electron chi connectivity index (χ3n) is 2.34. The Hall–Kier alpha value is -1.88. The molecule has 0 atom stereocenters. The van der Waals surface area contributed by atoms with Gasteiger partial charge >= 0.3 is 5.97 Å². The number of rotatable bonds is 6. The maximum Gasteiger partial charge on any atom is 0.311 e. The largest absolute Gasteiger partial charge is 0.486 e. The topological polar surface area (TPSA) is 48.4 Å². The van der Waals surface area contributed by atoms with E-state index in [0.717, 1.165) is 16.5 Å². The fourth-order valence-corrected chi connectivity index (χ4v) is 2.22. The second-order valence-electron chi connectivity index (χ2n) is 3.82. The molecule has 100 valence electrons. The molecule has 1 heterocycles. The Morgan fingerprint density at radius 1 is 1.32 bits per heavy atom. The first-order chi connectivity index (χ1) is 9.28. The molecule has 2 aromatic rings. The monoisotopic (exact) mass is 277 g/mol. The van der Waals surface area contributed by atoms with Gasteiger partial charge in [-0.1, -0.05) is 18.2 Å². The van der Waals surface area contributed by atoms with Crippen LogP contribution in [-0.4, -0.2) is 17.6 Å². The Bertz CT molecular complexity index is 524. The van der Waals surface area contributed by atoms with Gasteiger partial charge in [-0.3, -0.25) is 4.79 Å². The summed E-state index contributed by atoms with van der Waals surface area (Å²) in [6.45, 7) is 2.60. The van der Waals surface area contributed by atoms with Crippen molar-refractivity contribution in [3.63, 3.8) is 0 Å². The maximum absolute atomic E-state index is 11.3. The Labute approximate surface area is 116 Å². The number of thiazole rings is 1. The van der Waals surface area contributed by atoms with Crippen LogP contribution in [0, 0.1) is 0 Å². The van der Waals surface area contributed by atoms with Crippen molar-refractivity contribution in [2.24, 2.45) is 0 Å². The average Bonchev–Trinajstić information content (AvgIpc) is 2.85. The van der Waals surface area contributed by atoms with Gasteiger partial charge in [0.25, 0.3) is 0 Å². The van der Waals surface area contributed by atoms with E-state index >= 15 is 0 Å². The summed E-state index contributed by atoms with van der Waals surface area (Å²) in [5.74, 6) is 0.563. The highest BCUT2D eigenvalue weighted by Gasteiger charge is 2.08. The first-order valence-electron chi connectivity index (χ1n) is 6.04. The lowest BCUT2D eigenvalue weighted by Gasteiger charge is -2.02. The highest BCUT2D eigenvalue weighted by molar-refractivity contribution is 7.09. The van der Waals surface area contributed by atoms with Crippen molar-refractivity contribution >= 4 is 17.3 Å². The summed E-state index contributed by atoms with van der Waals surface area (Å²) in [4.78, 5) is 15.7. The van der Waals surface area contributed by atoms with Crippen LogP contribution in [0.2, 0.25) is 0 Å². The van der Waals surface area contributed by atoms with Gasteiger partial charge in [-0.25, -0.2) is 4.98 Å². The van der Waals surface area contributed by atoms with E-state index < -0.39 is 0 Å². The number of para-hydroxylation sites is 1. The van der Waals surface area contributed by atoms with Crippen molar-refractivity contribution in [2.75, 3.05) is 6.61 Å². The third kappa shape index (κ3) is 4.37. The highest BCUT2D eigenvalue weighted by atomic mass is 32.1. The normalized spacial score (nSPS) is 10.2. The van der Waals surface area contributed by atoms with E-state index in [0.29, 0.717) is 13.2 Å². The Kier molecular flexibility index (Phi) is 4.92. The highest BCUT2D eigenvalue weighted by Crippen LogP contribution is 2.15. The molecule has 0 fully saturated rings. The molecule has 19 heavy (non-hydrogen) atoms. The minimum atomic E-state index is -0.247. The van der Waals surface area contributed by atoms with Crippen molar-refractivity contribution in [1.29, 1.82) is 0 Å². The van der Waals surface area contributed by atoms with Crippen LogP contribution in [0.3, 0.4) is 0 Å². The first kappa shape index (κ1) is 13.5. The molecule has 0 radical (unpaired) electrons. The van der Waals surface area contributed by atoms with E-state index in [1.165, 1.54) is 11.3 Å². The minimum absolute atomic E-state index is 0.218. The van der Waals surface area contributed by atoms with Gasteiger partial charge in [0.2, 0.25) is 0 Å². The van der Waals surface area contributed by atoms with Gasteiger partial charge in [0.1, 0.15) is 17.4 Å². The SMILES string of the molecule is CCOC(=O)Cc1csc(COc2ccccc2)n1. The van der Waals surface area contributed by atoms with Gasteiger partial charge in [0, 0.05) is 5.38 Å². The maximum atomic E-state index is 11.3. The van der Waals surface area contributed by atoms with Crippen LogP contribution in [0.15, 0.2) is 35.7 Å². The van der Waals surface area contributed by atoms with E-state index in [-0.39, 0.29) is 12.4 Å². The van der Waals surface area contributed by atoms with Gasteiger partial charge in [-0.05, 0) is 19.1 Å². The molecule has 5 heteroatoms. The number of esters is 1. The molecule has 2 rings (SSSR count). The first-order valence-corrected chi connectivity index (χ1v) is 6.92. The molecule has 0 saturated heterocycles. The molecule has 0 aliphatic rings. The number of nitrogens with zero attached hydrogens (tertiary/aromatic N) is 1. The van der Waals surface area contributed by atoms with Gasteiger partial charge in [0.15, 0.2) is 0 Å². The fourth-order valence-electron chi connectivity index (χ4n) is 1.52. The molecule has 0 amide bonds. The second-order valence-corrected chi connectivity index (χ2v) is 4.76. The molecular formula is C14H15NO3S. The summed E-state index contributed by atoms with van der Waals surface area (Å²) in [6.07, 6.45) is 0.218. The average molecular weight is 277 g/mol. The molecule has 0 saturated carbocycles. The van der Waals surface area contributed by atoms with E-state index in [1.807, 2.05) is 35.7 Å². The molecule has 0 N–H and O–H groups in total. The van der Waals surface area contributed by atoms with Crippen molar-refractivity contribution in [2.45, 2.75) is 20.0 Å². The summed E-state index contributed by atoms with van der Waals surface area (Å²) in [5, 5.41) is 2.71. The number of ether oxygens (including phenoxy) is 2. The van der Waals surface area contributed by atoms with Crippen LogP contribution >= 0.6 is 11.3 Å². The number of carbonyl (C=O) groups excluding carboxylic acids is 1. The molecule has 4 nitrogen and oxygen atoms in total. The molecule has 0 bridgehead atoms. The van der Waals surface area contributed by atoms with Crippen molar-refractivity contribution in [3.8, 4) is 5.75 Å². The second kappa shape index (κ2) is 6.89. The van der Waals surface area contributed by atoms with Crippen LogP contribution in [0.5, 0.6) is 5.75 Å². The number of hydrogen-bond acceptors (Lipinski definition) is 5. The minimum Gasteiger partial charge on any atom is -0.486 e. The molecular weight excluding hydrogens is 262 g/mol. The summed E-state index contributed by atoms with van der Waals surface area (Å²) >= 11 is 1.48. The predicted octanol–water partition coefficient (Wildman–Crippen LogP) is 2.83. The van der Waals surface area contributed by atoms with E-state index in [9.17, 15) is 4.79 Å². The van der Waals surface area contributed by atoms with Crippen molar-refractivity contribution < 1.29 is 14.3 Å². The Balaban J connectivity index is 1.85. The summed E-state index contributed by atoms with van der Waals surface area (Å²) in [7, 11) is 0. The van der Waals surface area contributed by atoms with E-state index in [1.54, 1.807) is 6.92 Å². The fraction of sp³-hybridized carbons (Fsp3) is 0.286. The Morgan fingerprint density at radius 3 is 2.84 bits per heavy atom. The lowest BCUT2D eigenvalue weighted by atomic mass is 10.3. The van der Waals surface area contributed by atoms with E-state index in [2.05, 4.69) is 4.98 Å². The molecule has 1 aromatic heterocycles. The van der Waals surface area contributed by atoms with Crippen molar-refractivity contribution in [1.82, 2.24) is 4.98 Å². The third-order valence-corrected chi connectivity index (χ3v) is 3.21. The molecule has 1 aromatic carbocycles. The van der Waals surface area contributed by atoms with Gasteiger partial charge in [-0.2, -0.15) is 0 Å².